The molecule has 2 aliphatic rings. The maximum Gasteiger partial charge on any atom is 2.00 e. The summed E-state index contributed by atoms with van der Waals surface area (Å²) in [6, 6.07) is 7.76. The second-order valence-corrected chi connectivity index (χ2v) is 7.95. The summed E-state index contributed by atoms with van der Waals surface area (Å²) in [7, 11) is 0. The molecule has 2 aliphatic carbocycles. The van der Waals surface area contributed by atoms with Gasteiger partial charge in [-0.2, -0.15) is 0 Å². The van der Waals surface area contributed by atoms with Gasteiger partial charge in [0.15, 0.2) is 11.6 Å². The van der Waals surface area contributed by atoms with Crippen molar-refractivity contribution in [3.63, 3.8) is 0 Å². The largest absolute Gasteiger partial charge is 2.00 e. The molecule has 5 heteroatoms. The normalized spacial score (nSPS) is 17.3. The molecule has 0 saturated heterocycles. The number of ketones is 2. The molecule has 2 saturated carbocycles. The summed E-state index contributed by atoms with van der Waals surface area (Å²) < 4.78 is 0. The number of rotatable bonds is 4. The van der Waals surface area contributed by atoms with Gasteiger partial charge in [0.25, 0.3) is 0 Å². The van der Waals surface area contributed by atoms with Crippen LogP contribution in [0, 0.1) is 63.2 Å². The zero-order valence-corrected chi connectivity index (χ0v) is 17.7. The number of hydrogen-bond donors (Lipinski definition) is 0. The Morgan fingerprint density at radius 2 is 0.963 bits per heavy atom. The Bertz CT molecular complexity index is 686. The van der Waals surface area contributed by atoms with Gasteiger partial charge in [-0.3, -0.25) is 9.59 Å². The molecule has 0 amide bonds. The predicted octanol–water partition coefficient (Wildman–Crippen LogP) is 5.41. The van der Waals surface area contributed by atoms with Crippen LogP contribution in [0.1, 0.15) is 42.9 Å². The Labute approximate surface area is 181 Å². The Balaban J connectivity index is 0.000000187. The zero-order valence-electron chi connectivity index (χ0n) is 14.9. The van der Waals surface area contributed by atoms with E-state index < -0.39 is 0 Å². The molecule has 10 radical (unpaired) electrons. The van der Waals surface area contributed by atoms with Crippen LogP contribution < -0.4 is 0 Å². The average Bonchev–Trinajstić information content (AvgIpc) is 3.44. The molecular weight excluding hydrogens is 416 g/mol. The second kappa shape index (κ2) is 10.7. The first-order chi connectivity index (χ1) is 12.5. The number of carbonyl (C=O) groups excluding carboxylic acids is 2. The SMILES string of the molecule is CC(=O)c1ccc([C]2[CH][CH][CH][CH]2)s1.CC(=O)c1ccc([C]2[CH][CH][CH][CH]2)s1.[Fe+2]. The average molecular weight is 434 g/mol. The molecule has 0 atom stereocenters. The summed E-state index contributed by atoms with van der Waals surface area (Å²) in [5, 5.41) is 0. The molecule has 4 rings (SSSR count). The van der Waals surface area contributed by atoms with Crippen molar-refractivity contribution in [2.24, 2.45) is 0 Å². The van der Waals surface area contributed by atoms with Gasteiger partial charge in [0.1, 0.15) is 0 Å². The quantitative estimate of drug-likeness (QED) is 0.477. The van der Waals surface area contributed by atoms with Crippen LogP contribution >= 0.6 is 22.7 Å². The summed E-state index contributed by atoms with van der Waals surface area (Å²) in [6.45, 7) is 3.20. The molecule has 2 aromatic rings. The van der Waals surface area contributed by atoms with E-state index in [0.717, 1.165) is 19.5 Å². The first-order valence-corrected chi connectivity index (χ1v) is 9.83. The van der Waals surface area contributed by atoms with Gasteiger partial charge in [-0.05, 0) is 89.5 Å². The van der Waals surface area contributed by atoms with Gasteiger partial charge in [0.05, 0.1) is 9.75 Å². The summed E-state index contributed by atoms with van der Waals surface area (Å²) >= 11 is 3.10. The van der Waals surface area contributed by atoms with E-state index in [1.165, 1.54) is 11.8 Å². The Hall–Kier alpha value is -0.741. The minimum Gasteiger partial charge on any atom is -0.294 e. The number of hydrogen-bond acceptors (Lipinski definition) is 4. The second-order valence-electron chi connectivity index (χ2n) is 5.79. The van der Waals surface area contributed by atoms with E-state index in [4.69, 9.17) is 0 Å². The van der Waals surface area contributed by atoms with Gasteiger partial charge >= 0.3 is 17.1 Å². The molecule has 2 aromatic heterocycles. The maximum absolute atomic E-state index is 11.0. The van der Waals surface area contributed by atoms with Crippen molar-refractivity contribution in [3.05, 3.63) is 107 Å². The van der Waals surface area contributed by atoms with E-state index in [2.05, 4.69) is 25.7 Å². The third-order valence-electron chi connectivity index (χ3n) is 3.80. The van der Waals surface area contributed by atoms with Crippen molar-refractivity contribution in [3.8, 4) is 0 Å². The predicted molar refractivity (Wildman–Crippen MR) is 108 cm³/mol. The minimum absolute atomic E-state index is 0. The van der Waals surface area contributed by atoms with Crippen LogP contribution in [0.5, 0.6) is 0 Å². The van der Waals surface area contributed by atoms with Crippen LogP contribution in [0.15, 0.2) is 24.3 Å². The third-order valence-corrected chi connectivity index (χ3v) is 6.27. The van der Waals surface area contributed by atoms with E-state index in [0.29, 0.717) is 0 Å². The van der Waals surface area contributed by atoms with Crippen molar-refractivity contribution in [2.45, 2.75) is 13.8 Å². The Morgan fingerprint density at radius 1 is 0.630 bits per heavy atom. The van der Waals surface area contributed by atoms with Crippen LogP contribution in [0.4, 0.5) is 0 Å². The Morgan fingerprint density at radius 3 is 1.22 bits per heavy atom. The van der Waals surface area contributed by atoms with Crippen LogP contribution in [0.2, 0.25) is 0 Å². The fourth-order valence-electron chi connectivity index (χ4n) is 2.44. The molecular formula is C22H18FeO2S2+2. The van der Waals surface area contributed by atoms with Gasteiger partial charge < -0.3 is 0 Å². The molecule has 0 unspecified atom stereocenters. The fourth-order valence-corrected chi connectivity index (χ4v) is 4.25. The molecule has 0 aliphatic heterocycles. The molecule has 136 valence electrons. The Kier molecular flexibility index (Phi) is 8.94. The summed E-state index contributed by atoms with van der Waals surface area (Å²) in [6.07, 6.45) is 16.2. The van der Waals surface area contributed by atoms with Crippen molar-refractivity contribution in [1.82, 2.24) is 0 Å². The third kappa shape index (κ3) is 6.12. The van der Waals surface area contributed by atoms with E-state index >= 15 is 0 Å². The van der Waals surface area contributed by atoms with E-state index in [9.17, 15) is 9.59 Å². The minimum atomic E-state index is 0. The number of carbonyl (C=O) groups is 2. The van der Waals surface area contributed by atoms with Gasteiger partial charge in [-0.1, -0.05) is 0 Å². The molecule has 2 heterocycles. The standard InChI is InChI=1S/2C11H9OS.Fe/c2*1-8(12)10-6-7-11(13-10)9-4-2-3-5-9;/h2*2-7H,1H3;/q;;+2. The molecule has 27 heavy (non-hydrogen) atoms. The van der Waals surface area contributed by atoms with Crippen molar-refractivity contribution < 1.29 is 26.7 Å². The van der Waals surface area contributed by atoms with Gasteiger partial charge in [-0.25, -0.2) is 0 Å². The maximum atomic E-state index is 11.0. The van der Waals surface area contributed by atoms with Gasteiger partial charge in [0, 0.05) is 21.6 Å². The summed E-state index contributed by atoms with van der Waals surface area (Å²) in [4.78, 5) is 26.1. The molecule has 0 spiro atoms. The van der Waals surface area contributed by atoms with Gasteiger partial charge in [0.2, 0.25) is 0 Å². The van der Waals surface area contributed by atoms with Crippen LogP contribution in [-0.2, 0) is 17.1 Å². The topological polar surface area (TPSA) is 34.1 Å². The number of Topliss-reactive ketones (excluding diaryl/α,β-unsaturated/α-hetero) is 2. The molecule has 0 N–H and O–H groups in total. The molecule has 0 bridgehead atoms. The van der Waals surface area contributed by atoms with E-state index in [1.54, 1.807) is 36.5 Å². The molecule has 2 fully saturated rings. The monoisotopic (exact) mass is 434 g/mol. The van der Waals surface area contributed by atoms with Crippen LogP contribution in [-0.4, -0.2) is 11.6 Å². The molecule has 2 nitrogen and oxygen atoms in total. The smallest absolute Gasteiger partial charge is 0.294 e. The summed E-state index contributed by atoms with van der Waals surface area (Å²) in [5.74, 6) is 2.67. The first kappa shape index (κ1) is 22.5. The first-order valence-electron chi connectivity index (χ1n) is 8.20. The zero-order chi connectivity index (χ0) is 18.5. The van der Waals surface area contributed by atoms with E-state index in [1.807, 2.05) is 49.9 Å². The van der Waals surface area contributed by atoms with Crippen molar-refractivity contribution in [2.75, 3.05) is 0 Å². The molecule has 0 aromatic carbocycles. The summed E-state index contributed by atoms with van der Waals surface area (Å²) in [5.41, 5.74) is 0. The van der Waals surface area contributed by atoms with Crippen LogP contribution in [0.3, 0.4) is 0 Å². The van der Waals surface area contributed by atoms with Crippen LogP contribution in [0.25, 0.3) is 0 Å². The van der Waals surface area contributed by atoms with Crippen molar-refractivity contribution >= 4 is 34.2 Å². The fraction of sp³-hybridized carbons (Fsp3) is 0.0909. The van der Waals surface area contributed by atoms with E-state index in [-0.39, 0.29) is 28.6 Å². The van der Waals surface area contributed by atoms with Gasteiger partial charge in [-0.15, -0.1) is 22.7 Å². The van der Waals surface area contributed by atoms with Crippen molar-refractivity contribution in [1.29, 1.82) is 0 Å². The number of thiophene rings is 2.